The summed E-state index contributed by atoms with van der Waals surface area (Å²) in [7, 11) is 0. The fourth-order valence-electron chi connectivity index (χ4n) is 3.36. The Morgan fingerprint density at radius 2 is 1.72 bits per heavy atom. The summed E-state index contributed by atoms with van der Waals surface area (Å²) in [5.74, 6) is -0.341. The summed E-state index contributed by atoms with van der Waals surface area (Å²) in [6.45, 7) is 7.28. The van der Waals surface area contributed by atoms with Crippen LogP contribution >= 0.6 is 0 Å². The highest BCUT2D eigenvalue weighted by molar-refractivity contribution is 5.88. The van der Waals surface area contributed by atoms with Crippen molar-refractivity contribution in [2.45, 2.75) is 53.2 Å². The van der Waals surface area contributed by atoms with Gasteiger partial charge in [0, 0.05) is 16.5 Å². The highest BCUT2D eigenvalue weighted by Gasteiger charge is 2.24. The minimum absolute atomic E-state index is 0.0994. The lowest BCUT2D eigenvalue weighted by molar-refractivity contribution is -0.136. The third-order valence-corrected chi connectivity index (χ3v) is 5.40. The third-order valence-electron chi connectivity index (χ3n) is 5.40. The van der Waals surface area contributed by atoms with Gasteiger partial charge in [0.15, 0.2) is 0 Å². The molecule has 1 amide bonds. The number of carbonyl (C=O) groups excluding carboxylic acids is 2. The van der Waals surface area contributed by atoms with Gasteiger partial charge < -0.3 is 19.2 Å². The van der Waals surface area contributed by atoms with Gasteiger partial charge in [-0.2, -0.15) is 0 Å². The first kappa shape index (κ1) is 23.1. The van der Waals surface area contributed by atoms with Crippen LogP contribution in [0, 0.1) is 20.8 Å². The van der Waals surface area contributed by atoms with Crippen molar-refractivity contribution in [2.24, 2.45) is 0 Å². The van der Waals surface area contributed by atoms with E-state index in [0.717, 1.165) is 16.5 Å². The van der Waals surface area contributed by atoms with Crippen LogP contribution in [0.15, 0.2) is 51.7 Å². The van der Waals surface area contributed by atoms with Crippen molar-refractivity contribution >= 4 is 23.0 Å². The molecule has 0 saturated heterocycles. The van der Waals surface area contributed by atoms with Gasteiger partial charge >= 0.3 is 17.7 Å². The summed E-state index contributed by atoms with van der Waals surface area (Å²) in [4.78, 5) is 37.1. The fourth-order valence-corrected chi connectivity index (χ4v) is 3.36. The molecule has 1 N–H and O–H groups in total. The molecule has 0 spiro atoms. The third kappa shape index (κ3) is 5.17. The van der Waals surface area contributed by atoms with E-state index in [1.807, 2.05) is 44.2 Å². The van der Waals surface area contributed by atoms with Crippen LogP contribution < -0.4 is 15.7 Å². The standard InChI is InChI=1S/C25H27NO6/c1-5-9-20(26-25(29)30-14-18-10-7-6-8-11-18)24(28)31-21-13-12-19-15(2)16(3)23(27)32-22(19)17(21)4/h6-8,10-13,20H,5,9,14H2,1-4H3,(H,26,29)/t20-/m1/s1. The molecule has 0 aliphatic rings. The Morgan fingerprint density at radius 1 is 1.00 bits per heavy atom. The molecule has 0 saturated carbocycles. The first-order valence-corrected chi connectivity index (χ1v) is 10.5. The van der Waals surface area contributed by atoms with Crippen LogP contribution in [0.4, 0.5) is 4.79 Å². The van der Waals surface area contributed by atoms with E-state index in [-0.39, 0.29) is 12.4 Å². The Hall–Kier alpha value is -3.61. The summed E-state index contributed by atoms with van der Waals surface area (Å²) >= 11 is 0. The second-order valence-corrected chi connectivity index (χ2v) is 7.67. The van der Waals surface area contributed by atoms with Gasteiger partial charge in [0.1, 0.15) is 24.0 Å². The zero-order valence-corrected chi connectivity index (χ0v) is 18.7. The van der Waals surface area contributed by atoms with Crippen LogP contribution in [-0.4, -0.2) is 18.1 Å². The predicted octanol–water partition coefficient (Wildman–Crippen LogP) is 4.72. The number of esters is 1. The van der Waals surface area contributed by atoms with Crippen molar-refractivity contribution in [1.82, 2.24) is 5.32 Å². The zero-order chi connectivity index (χ0) is 23.3. The number of hydrogen-bond acceptors (Lipinski definition) is 6. The number of ether oxygens (including phenoxy) is 2. The van der Waals surface area contributed by atoms with Gasteiger partial charge in [-0.1, -0.05) is 43.7 Å². The van der Waals surface area contributed by atoms with Crippen LogP contribution in [0.3, 0.4) is 0 Å². The molecule has 0 aliphatic carbocycles. The van der Waals surface area contributed by atoms with E-state index in [9.17, 15) is 14.4 Å². The number of carbonyl (C=O) groups is 2. The average Bonchev–Trinajstić information content (AvgIpc) is 2.79. The first-order chi connectivity index (χ1) is 15.3. The maximum absolute atomic E-state index is 12.8. The van der Waals surface area contributed by atoms with E-state index >= 15 is 0 Å². The van der Waals surface area contributed by atoms with Gasteiger partial charge in [-0.15, -0.1) is 0 Å². The van der Waals surface area contributed by atoms with Crippen LogP contribution in [-0.2, 0) is 16.1 Å². The van der Waals surface area contributed by atoms with Crippen LogP contribution in [0.2, 0.25) is 0 Å². The molecule has 7 nitrogen and oxygen atoms in total. The number of alkyl carbamates (subject to hydrolysis) is 1. The topological polar surface area (TPSA) is 94.8 Å². The molecule has 3 aromatic rings. The average molecular weight is 437 g/mol. The number of rotatable bonds is 7. The minimum atomic E-state index is -0.870. The molecule has 7 heteroatoms. The van der Waals surface area contributed by atoms with Gasteiger partial charge in [0.25, 0.3) is 0 Å². The second kappa shape index (κ2) is 10.1. The Labute approximate surface area is 186 Å². The lowest BCUT2D eigenvalue weighted by Gasteiger charge is -2.18. The molecule has 168 valence electrons. The molecule has 1 heterocycles. The van der Waals surface area contributed by atoms with Gasteiger partial charge in [-0.05, 0) is 50.5 Å². The molecule has 1 atom stereocenters. The van der Waals surface area contributed by atoms with Crippen molar-refractivity contribution in [2.75, 3.05) is 0 Å². The Bertz CT molecular complexity index is 1180. The van der Waals surface area contributed by atoms with E-state index in [4.69, 9.17) is 13.9 Å². The highest BCUT2D eigenvalue weighted by atomic mass is 16.6. The molecule has 0 radical (unpaired) electrons. The van der Waals surface area contributed by atoms with E-state index in [0.29, 0.717) is 29.6 Å². The van der Waals surface area contributed by atoms with E-state index < -0.39 is 23.7 Å². The van der Waals surface area contributed by atoms with Gasteiger partial charge in [0.2, 0.25) is 0 Å². The fraction of sp³-hybridized carbons (Fsp3) is 0.320. The molecule has 3 rings (SSSR count). The molecular weight excluding hydrogens is 410 g/mol. The molecule has 0 unspecified atom stereocenters. The van der Waals surface area contributed by atoms with Crippen LogP contribution in [0.25, 0.3) is 11.0 Å². The first-order valence-electron chi connectivity index (χ1n) is 10.5. The van der Waals surface area contributed by atoms with Crippen LogP contribution in [0.1, 0.15) is 42.0 Å². The van der Waals surface area contributed by atoms with Crippen molar-refractivity contribution in [3.05, 3.63) is 75.1 Å². The summed E-state index contributed by atoms with van der Waals surface area (Å²) in [5.41, 5.74) is 2.71. The second-order valence-electron chi connectivity index (χ2n) is 7.67. The zero-order valence-electron chi connectivity index (χ0n) is 18.7. The monoisotopic (exact) mass is 437 g/mol. The summed E-state index contributed by atoms with van der Waals surface area (Å²) in [6, 6.07) is 11.8. The summed E-state index contributed by atoms with van der Waals surface area (Å²) in [5, 5.41) is 3.37. The Morgan fingerprint density at radius 3 is 2.41 bits per heavy atom. The minimum Gasteiger partial charge on any atom is -0.445 e. The molecule has 2 aromatic carbocycles. The number of aryl methyl sites for hydroxylation is 2. The van der Waals surface area contributed by atoms with Crippen LogP contribution in [0.5, 0.6) is 5.75 Å². The Balaban J connectivity index is 1.73. The van der Waals surface area contributed by atoms with Crippen molar-refractivity contribution in [3.8, 4) is 5.75 Å². The van der Waals surface area contributed by atoms with E-state index in [2.05, 4.69) is 5.32 Å². The molecular formula is C25H27NO6. The summed E-state index contributed by atoms with van der Waals surface area (Å²) in [6.07, 6.45) is 0.346. The van der Waals surface area contributed by atoms with E-state index in [1.54, 1.807) is 26.0 Å². The smallest absolute Gasteiger partial charge is 0.408 e. The summed E-state index contributed by atoms with van der Waals surface area (Å²) < 4.78 is 16.2. The van der Waals surface area contributed by atoms with Crippen molar-refractivity contribution < 1.29 is 23.5 Å². The lowest BCUT2D eigenvalue weighted by Crippen LogP contribution is -2.43. The number of hydrogen-bond donors (Lipinski definition) is 1. The molecule has 0 fully saturated rings. The Kier molecular flexibility index (Phi) is 7.30. The number of benzene rings is 2. The van der Waals surface area contributed by atoms with Gasteiger partial charge in [0.05, 0.1) is 0 Å². The largest absolute Gasteiger partial charge is 0.445 e. The molecule has 32 heavy (non-hydrogen) atoms. The number of nitrogens with one attached hydrogen (secondary N) is 1. The predicted molar refractivity (Wildman–Crippen MR) is 121 cm³/mol. The molecule has 0 aliphatic heterocycles. The SMILES string of the molecule is CCC[C@@H](NC(=O)OCc1ccccc1)C(=O)Oc1ccc2c(C)c(C)c(=O)oc2c1C. The van der Waals surface area contributed by atoms with Crippen molar-refractivity contribution in [3.63, 3.8) is 0 Å². The maximum atomic E-state index is 12.8. The van der Waals surface area contributed by atoms with Gasteiger partial charge in [-0.3, -0.25) is 0 Å². The maximum Gasteiger partial charge on any atom is 0.408 e. The highest BCUT2D eigenvalue weighted by Crippen LogP contribution is 2.29. The normalized spacial score (nSPS) is 11.8. The molecule has 1 aromatic heterocycles. The lowest BCUT2D eigenvalue weighted by atomic mass is 10.0. The number of amides is 1. The molecule has 0 bridgehead atoms. The number of fused-ring (bicyclic) bond motifs is 1. The van der Waals surface area contributed by atoms with Gasteiger partial charge in [-0.25, -0.2) is 14.4 Å². The van der Waals surface area contributed by atoms with Crippen molar-refractivity contribution in [1.29, 1.82) is 0 Å². The van der Waals surface area contributed by atoms with E-state index in [1.165, 1.54) is 0 Å². The quantitative estimate of drug-likeness (QED) is 0.327.